The van der Waals surface area contributed by atoms with Crippen LogP contribution in [0.25, 0.3) is 0 Å². The van der Waals surface area contributed by atoms with Crippen molar-refractivity contribution >= 4 is 11.8 Å². The molecule has 0 amide bonds. The van der Waals surface area contributed by atoms with Crippen molar-refractivity contribution in [1.29, 1.82) is 0 Å². The Bertz CT molecular complexity index is 86.9. The molecule has 0 aromatic heterocycles. The highest BCUT2D eigenvalue weighted by Gasteiger charge is 2.14. The van der Waals surface area contributed by atoms with Crippen LogP contribution in [0.3, 0.4) is 0 Å². The summed E-state index contributed by atoms with van der Waals surface area (Å²) in [7, 11) is 0. The maximum absolute atomic E-state index is 5.07. The molecule has 0 N–H and O–H groups in total. The van der Waals surface area contributed by atoms with Gasteiger partial charge in [-0.2, -0.15) is 11.8 Å². The van der Waals surface area contributed by atoms with Crippen LogP contribution in [-0.4, -0.2) is 18.1 Å². The maximum atomic E-state index is 5.07. The van der Waals surface area contributed by atoms with Gasteiger partial charge in [0.25, 0.3) is 0 Å². The fraction of sp³-hybridized carbons (Fsp3) is 0.714. The van der Waals surface area contributed by atoms with E-state index in [1.807, 2.05) is 11.8 Å². The highest BCUT2D eigenvalue weighted by Crippen LogP contribution is 2.23. The molecule has 1 atom stereocenters. The summed E-state index contributed by atoms with van der Waals surface area (Å²) < 4.78 is 5.07. The second-order valence-corrected chi connectivity index (χ2v) is 3.38. The molecule has 1 fully saturated rings. The van der Waals surface area contributed by atoms with Crippen LogP contribution in [0.15, 0.2) is 12.8 Å². The normalized spacial score (nSPS) is 26.0. The van der Waals surface area contributed by atoms with Crippen LogP contribution in [0.1, 0.15) is 6.42 Å². The molecular formula is C7H12OS. The maximum Gasteiger partial charge on any atom is 0.0909 e. The largest absolute Gasteiger partial charge is 0.501 e. The van der Waals surface area contributed by atoms with Crippen LogP contribution in [-0.2, 0) is 4.74 Å². The lowest BCUT2D eigenvalue weighted by Gasteiger charge is -2.05. The second kappa shape index (κ2) is 3.83. The van der Waals surface area contributed by atoms with Crippen molar-refractivity contribution in [3.63, 3.8) is 0 Å². The molecule has 0 spiro atoms. The molecule has 2 heteroatoms. The summed E-state index contributed by atoms with van der Waals surface area (Å²) in [5, 5.41) is 0. The standard InChI is InChI=1S/C7H12OS/c1-2-8-5-7-3-4-9-6-7/h2,7H,1,3-6H2. The number of rotatable bonds is 3. The Hall–Kier alpha value is -0.110. The molecule has 1 aliphatic heterocycles. The second-order valence-electron chi connectivity index (χ2n) is 2.23. The van der Waals surface area contributed by atoms with Crippen molar-refractivity contribution < 1.29 is 4.74 Å². The summed E-state index contributed by atoms with van der Waals surface area (Å²) in [4.78, 5) is 0. The summed E-state index contributed by atoms with van der Waals surface area (Å²) in [5.41, 5.74) is 0. The van der Waals surface area contributed by atoms with Crippen molar-refractivity contribution in [2.24, 2.45) is 5.92 Å². The van der Waals surface area contributed by atoms with Gasteiger partial charge < -0.3 is 4.74 Å². The van der Waals surface area contributed by atoms with Crippen LogP contribution in [0, 0.1) is 5.92 Å². The molecule has 1 heterocycles. The predicted octanol–water partition coefficient (Wildman–Crippen LogP) is 1.90. The van der Waals surface area contributed by atoms with E-state index in [2.05, 4.69) is 6.58 Å². The molecule has 0 radical (unpaired) electrons. The van der Waals surface area contributed by atoms with Gasteiger partial charge in [0.2, 0.25) is 0 Å². The predicted molar refractivity (Wildman–Crippen MR) is 41.6 cm³/mol. The monoisotopic (exact) mass is 144 g/mol. The van der Waals surface area contributed by atoms with E-state index in [0.717, 1.165) is 12.5 Å². The minimum absolute atomic E-state index is 0.785. The summed E-state index contributed by atoms with van der Waals surface area (Å²) in [5.74, 6) is 3.37. The van der Waals surface area contributed by atoms with Gasteiger partial charge in [-0.3, -0.25) is 0 Å². The van der Waals surface area contributed by atoms with Crippen molar-refractivity contribution in [3.05, 3.63) is 12.8 Å². The zero-order valence-electron chi connectivity index (χ0n) is 5.51. The Morgan fingerprint density at radius 3 is 3.22 bits per heavy atom. The minimum Gasteiger partial charge on any atom is -0.501 e. The molecule has 9 heavy (non-hydrogen) atoms. The van der Waals surface area contributed by atoms with Gasteiger partial charge in [-0.05, 0) is 17.9 Å². The molecule has 1 unspecified atom stereocenters. The molecule has 0 aromatic carbocycles. The topological polar surface area (TPSA) is 9.23 Å². The first-order valence-corrected chi connectivity index (χ1v) is 4.39. The van der Waals surface area contributed by atoms with Crippen LogP contribution in [0.5, 0.6) is 0 Å². The Labute approximate surface area is 60.5 Å². The van der Waals surface area contributed by atoms with E-state index in [1.54, 1.807) is 0 Å². The Balaban J connectivity index is 2.04. The molecule has 1 saturated heterocycles. The summed E-state index contributed by atoms with van der Waals surface area (Å²) >= 11 is 2.02. The molecule has 0 aromatic rings. The Kier molecular flexibility index (Phi) is 2.98. The summed E-state index contributed by atoms with van der Waals surface area (Å²) in [6, 6.07) is 0. The lowest BCUT2D eigenvalue weighted by Crippen LogP contribution is -2.04. The van der Waals surface area contributed by atoms with Gasteiger partial charge >= 0.3 is 0 Å². The molecular weight excluding hydrogens is 132 g/mol. The molecule has 52 valence electrons. The van der Waals surface area contributed by atoms with Crippen LogP contribution in [0.4, 0.5) is 0 Å². The van der Waals surface area contributed by atoms with Gasteiger partial charge in [-0.15, -0.1) is 0 Å². The van der Waals surface area contributed by atoms with E-state index < -0.39 is 0 Å². The Morgan fingerprint density at radius 2 is 2.67 bits per heavy atom. The smallest absolute Gasteiger partial charge is 0.0909 e. The van der Waals surface area contributed by atoms with Gasteiger partial charge in [-0.1, -0.05) is 6.58 Å². The third-order valence-electron chi connectivity index (χ3n) is 1.47. The number of ether oxygens (including phenoxy) is 1. The van der Waals surface area contributed by atoms with E-state index in [9.17, 15) is 0 Å². The fourth-order valence-corrected chi connectivity index (χ4v) is 2.18. The van der Waals surface area contributed by atoms with Crippen LogP contribution >= 0.6 is 11.8 Å². The average molecular weight is 144 g/mol. The van der Waals surface area contributed by atoms with Gasteiger partial charge in [-0.25, -0.2) is 0 Å². The number of hydrogen-bond acceptors (Lipinski definition) is 2. The molecule has 1 rings (SSSR count). The Morgan fingerprint density at radius 1 is 1.78 bits per heavy atom. The molecule has 0 bridgehead atoms. The lowest BCUT2D eigenvalue weighted by molar-refractivity contribution is 0.207. The van der Waals surface area contributed by atoms with Gasteiger partial charge in [0.1, 0.15) is 0 Å². The van der Waals surface area contributed by atoms with E-state index in [-0.39, 0.29) is 0 Å². The van der Waals surface area contributed by atoms with Crippen molar-refractivity contribution in [2.45, 2.75) is 6.42 Å². The number of thioether (sulfide) groups is 1. The van der Waals surface area contributed by atoms with Crippen molar-refractivity contribution in [2.75, 3.05) is 18.1 Å². The first kappa shape index (κ1) is 7.00. The highest BCUT2D eigenvalue weighted by atomic mass is 32.2. The molecule has 0 saturated carbocycles. The molecule has 0 aliphatic carbocycles. The zero-order valence-corrected chi connectivity index (χ0v) is 6.32. The SMILES string of the molecule is C=COCC1CCSC1. The zero-order chi connectivity index (χ0) is 6.53. The molecule has 1 nitrogen and oxygen atoms in total. The molecule has 1 aliphatic rings. The van der Waals surface area contributed by atoms with Crippen LogP contribution in [0.2, 0.25) is 0 Å². The van der Waals surface area contributed by atoms with Crippen molar-refractivity contribution in [3.8, 4) is 0 Å². The van der Waals surface area contributed by atoms with Crippen LogP contribution < -0.4 is 0 Å². The van der Waals surface area contributed by atoms with E-state index in [1.165, 1.54) is 24.2 Å². The number of hydrogen-bond donors (Lipinski definition) is 0. The van der Waals surface area contributed by atoms with Gasteiger partial charge in [0.05, 0.1) is 12.9 Å². The highest BCUT2D eigenvalue weighted by molar-refractivity contribution is 7.99. The first-order valence-electron chi connectivity index (χ1n) is 3.23. The van der Waals surface area contributed by atoms with E-state index >= 15 is 0 Å². The fourth-order valence-electron chi connectivity index (χ4n) is 0.919. The quantitative estimate of drug-likeness (QED) is 0.559. The summed E-state index contributed by atoms with van der Waals surface area (Å²) in [6.45, 7) is 4.36. The third-order valence-corrected chi connectivity index (χ3v) is 2.71. The average Bonchev–Trinajstić information content (AvgIpc) is 2.34. The van der Waals surface area contributed by atoms with Crippen molar-refractivity contribution in [1.82, 2.24) is 0 Å². The first-order chi connectivity index (χ1) is 4.43. The lowest BCUT2D eigenvalue weighted by atomic mass is 10.1. The van der Waals surface area contributed by atoms with E-state index in [0.29, 0.717) is 0 Å². The minimum atomic E-state index is 0.785. The van der Waals surface area contributed by atoms with Gasteiger partial charge in [0.15, 0.2) is 0 Å². The van der Waals surface area contributed by atoms with Gasteiger partial charge in [0, 0.05) is 5.92 Å². The van der Waals surface area contributed by atoms with E-state index in [4.69, 9.17) is 4.74 Å². The summed E-state index contributed by atoms with van der Waals surface area (Å²) in [6.07, 6.45) is 2.85. The third kappa shape index (κ3) is 2.31.